The summed E-state index contributed by atoms with van der Waals surface area (Å²) in [7, 11) is 0. The van der Waals surface area contributed by atoms with Crippen molar-refractivity contribution in [3.8, 4) is 23.0 Å². The van der Waals surface area contributed by atoms with E-state index >= 15 is 4.39 Å². The number of halogens is 3. The molecule has 0 unspecified atom stereocenters. The number of H-pyrrole nitrogens is 1. The normalized spacial score (nSPS) is 25.3. The number of amides is 1. The van der Waals surface area contributed by atoms with E-state index in [9.17, 15) is 9.18 Å². The molecule has 15 heteroatoms. The van der Waals surface area contributed by atoms with Crippen molar-refractivity contribution in [3.05, 3.63) is 29.3 Å². The zero-order chi connectivity index (χ0) is 30.7. The molecule has 1 amide bonds. The van der Waals surface area contributed by atoms with Gasteiger partial charge in [0.1, 0.15) is 29.8 Å². The summed E-state index contributed by atoms with van der Waals surface area (Å²) < 4.78 is 48.8. The molecule has 2 N–H and O–H groups in total. The topological polar surface area (TPSA) is 131 Å². The Kier molecular flexibility index (Phi) is 7.01. The maximum absolute atomic E-state index is 16.9. The van der Waals surface area contributed by atoms with Crippen LogP contribution < -0.4 is 19.7 Å². The summed E-state index contributed by atoms with van der Waals surface area (Å²) in [5, 5.41) is 10.9. The summed E-state index contributed by atoms with van der Waals surface area (Å²) in [5.41, 5.74) is 0.253. The summed E-state index contributed by atoms with van der Waals surface area (Å²) in [6.45, 7) is 1.93. The fourth-order valence-corrected chi connectivity index (χ4v) is 7.63. The van der Waals surface area contributed by atoms with Crippen molar-refractivity contribution in [1.29, 1.82) is 0 Å². The average molecular weight is 641 g/mol. The molecule has 3 fully saturated rings. The van der Waals surface area contributed by atoms with Crippen LogP contribution in [-0.4, -0.2) is 93.5 Å². The van der Waals surface area contributed by atoms with E-state index < -0.39 is 30.4 Å². The van der Waals surface area contributed by atoms with E-state index in [4.69, 9.17) is 30.8 Å². The van der Waals surface area contributed by atoms with Crippen LogP contribution in [0.15, 0.2) is 18.5 Å². The highest BCUT2D eigenvalue weighted by atomic mass is 35.5. The monoisotopic (exact) mass is 640 g/mol. The first-order valence-electron chi connectivity index (χ1n) is 15.2. The van der Waals surface area contributed by atoms with Gasteiger partial charge in [-0.15, -0.1) is 0 Å². The number of fused-ring (bicyclic) bond motifs is 7. The van der Waals surface area contributed by atoms with E-state index in [-0.39, 0.29) is 46.2 Å². The molecule has 9 rings (SSSR count). The van der Waals surface area contributed by atoms with Crippen molar-refractivity contribution in [1.82, 2.24) is 35.4 Å². The lowest BCUT2D eigenvalue weighted by Crippen LogP contribution is -2.44. The van der Waals surface area contributed by atoms with Gasteiger partial charge in [-0.05, 0) is 44.7 Å². The lowest BCUT2D eigenvalue weighted by atomic mass is 9.95. The number of ether oxygens (including phenoxy) is 3. The van der Waals surface area contributed by atoms with Crippen LogP contribution in [-0.2, 0) is 4.74 Å². The fraction of sp³-hybridized carbons (Fsp3) is 0.500. The Bertz CT molecular complexity index is 1810. The highest BCUT2D eigenvalue weighted by molar-refractivity contribution is 6.33. The molecule has 0 radical (unpaired) electrons. The lowest BCUT2D eigenvalue weighted by Gasteiger charge is -2.31. The molecule has 4 aromatic rings. The number of aromatic nitrogens is 5. The summed E-state index contributed by atoms with van der Waals surface area (Å²) >= 11 is 6.61. The number of pyridine rings is 1. The van der Waals surface area contributed by atoms with Gasteiger partial charge in [-0.1, -0.05) is 11.6 Å². The van der Waals surface area contributed by atoms with Gasteiger partial charge in [-0.25, -0.2) is 13.6 Å². The number of nitrogens with zero attached hydrogens (tertiary/aromatic N) is 6. The molecule has 45 heavy (non-hydrogen) atoms. The van der Waals surface area contributed by atoms with E-state index in [0.29, 0.717) is 54.6 Å². The molecular weight excluding hydrogens is 610 g/mol. The number of rotatable bonds is 3. The first kappa shape index (κ1) is 28.4. The number of alkyl carbamates (subject to hydrolysis) is 1. The van der Waals surface area contributed by atoms with Crippen molar-refractivity contribution in [2.24, 2.45) is 0 Å². The Morgan fingerprint density at radius 2 is 2.04 bits per heavy atom. The lowest BCUT2D eigenvalue weighted by molar-refractivity contribution is 0.0579. The van der Waals surface area contributed by atoms with E-state index in [1.807, 2.05) is 4.90 Å². The van der Waals surface area contributed by atoms with Gasteiger partial charge in [-0.2, -0.15) is 15.1 Å². The molecule has 1 aromatic carbocycles. The van der Waals surface area contributed by atoms with E-state index in [0.717, 1.165) is 32.2 Å². The Balaban J connectivity index is 1.30. The van der Waals surface area contributed by atoms with Crippen LogP contribution in [0.3, 0.4) is 0 Å². The SMILES string of the molecule is O=C1N[C@@H]2CCCCN(C2)c2nc(OC[C@@]34CCCN3C[C@H](F)C4)nc3c(F)c(ncc23)-c2c(c(Cl)cc3[nH]ncc23)OCO1. The average Bonchev–Trinajstić information content (AvgIpc) is 3.66. The second-order valence-electron chi connectivity index (χ2n) is 12.2. The van der Waals surface area contributed by atoms with Gasteiger partial charge in [0.05, 0.1) is 33.2 Å². The van der Waals surface area contributed by atoms with Crippen molar-refractivity contribution < 1.29 is 27.8 Å². The van der Waals surface area contributed by atoms with Gasteiger partial charge in [0.15, 0.2) is 11.6 Å². The third-order valence-corrected chi connectivity index (χ3v) is 9.73. The largest absolute Gasteiger partial charge is 0.461 e. The van der Waals surface area contributed by atoms with Gasteiger partial charge < -0.3 is 24.4 Å². The summed E-state index contributed by atoms with van der Waals surface area (Å²) in [4.78, 5) is 30.9. The number of carbonyl (C=O) groups excluding carboxylic acids is 1. The molecule has 6 bridgehead atoms. The zero-order valence-corrected chi connectivity index (χ0v) is 25.1. The highest BCUT2D eigenvalue weighted by Crippen LogP contribution is 2.44. The van der Waals surface area contributed by atoms with Gasteiger partial charge in [-0.3, -0.25) is 15.0 Å². The summed E-state index contributed by atoms with van der Waals surface area (Å²) in [5.74, 6) is -0.208. The van der Waals surface area contributed by atoms with Gasteiger partial charge in [0.2, 0.25) is 6.79 Å². The number of alkyl halides is 1. The zero-order valence-electron chi connectivity index (χ0n) is 24.3. The first-order valence-corrected chi connectivity index (χ1v) is 15.6. The van der Waals surface area contributed by atoms with Gasteiger partial charge in [0.25, 0.3) is 0 Å². The van der Waals surface area contributed by atoms with Gasteiger partial charge >= 0.3 is 12.1 Å². The molecule has 3 saturated heterocycles. The van der Waals surface area contributed by atoms with E-state index in [1.54, 1.807) is 12.3 Å². The fourth-order valence-electron chi connectivity index (χ4n) is 7.37. The minimum Gasteiger partial charge on any atom is -0.461 e. The maximum atomic E-state index is 16.9. The van der Waals surface area contributed by atoms with Crippen LogP contribution in [0.2, 0.25) is 5.02 Å². The van der Waals surface area contributed by atoms with Crippen molar-refractivity contribution in [3.63, 3.8) is 0 Å². The predicted molar refractivity (Wildman–Crippen MR) is 161 cm³/mol. The van der Waals surface area contributed by atoms with Crippen molar-refractivity contribution in [2.75, 3.05) is 44.5 Å². The maximum Gasteiger partial charge on any atom is 0.410 e. The third-order valence-electron chi connectivity index (χ3n) is 9.45. The Morgan fingerprint density at radius 1 is 1.13 bits per heavy atom. The van der Waals surface area contributed by atoms with Gasteiger partial charge in [0, 0.05) is 43.7 Å². The number of benzene rings is 1. The van der Waals surface area contributed by atoms with Crippen LogP contribution in [0.25, 0.3) is 33.1 Å². The van der Waals surface area contributed by atoms with Crippen LogP contribution in [0.5, 0.6) is 11.8 Å². The molecule has 236 valence electrons. The molecule has 0 aliphatic carbocycles. The number of hydrogen-bond donors (Lipinski definition) is 2. The van der Waals surface area contributed by atoms with Crippen LogP contribution >= 0.6 is 11.6 Å². The predicted octanol–water partition coefficient (Wildman–Crippen LogP) is 4.75. The Labute approximate surface area is 261 Å². The standard InChI is InChI=1S/C30H31ClF2N8O4/c31-20-8-21-18(11-35-39-21)22-25-23(33)24-19(10-34-25)27(38-28(37-24)43-14-30-5-3-7-41(30)12-16(32)9-30)40-6-2-1-4-17(13-40)36-29(42)45-15-44-26(20)22/h8,10-11,16-17H,1-7,9,12-15H2,(H,35,39)(H,36,42)/t16-,17-,30+/m1/s1. The molecule has 0 spiro atoms. The number of carbonyl (C=O) groups is 1. The first-order chi connectivity index (χ1) is 21.9. The third kappa shape index (κ3) is 4.94. The van der Waals surface area contributed by atoms with Crippen LogP contribution in [0, 0.1) is 5.82 Å². The molecule has 12 nitrogen and oxygen atoms in total. The minimum atomic E-state index is -0.919. The molecular formula is C30H31ClF2N8O4. The molecule has 0 saturated carbocycles. The van der Waals surface area contributed by atoms with E-state index in [2.05, 4.69) is 30.4 Å². The second kappa shape index (κ2) is 11.1. The highest BCUT2D eigenvalue weighted by Gasteiger charge is 2.49. The van der Waals surface area contributed by atoms with Crippen LogP contribution in [0.1, 0.15) is 38.5 Å². The second-order valence-corrected chi connectivity index (χ2v) is 12.7. The number of hydrogen-bond acceptors (Lipinski definition) is 10. The van der Waals surface area contributed by atoms with Crippen molar-refractivity contribution in [2.45, 2.75) is 56.3 Å². The molecule has 3 aromatic heterocycles. The quantitative estimate of drug-likeness (QED) is 0.323. The van der Waals surface area contributed by atoms with E-state index in [1.165, 1.54) is 6.20 Å². The summed E-state index contributed by atoms with van der Waals surface area (Å²) in [6, 6.07) is 1.31. The Morgan fingerprint density at radius 3 is 2.96 bits per heavy atom. The number of anilines is 1. The Hall–Kier alpha value is -4.04. The number of aromatic amines is 1. The van der Waals surface area contributed by atoms with Crippen LogP contribution in [0.4, 0.5) is 19.4 Å². The number of nitrogens with one attached hydrogen (secondary N) is 2. The molecule has 3 atom stereocenters. The molecule has 5 aliphatic heterocycles. The summed E-state index contributed by atoms with van der Waals surface area (Å²) in [6.07, 6.45) is 6.03. The molecule has 5 aliphatic rings. The smallest absolute Gasteiger partial charge is 0.410 e. The minimum absolute atomic E-state index is 0.00842. The van der Waals surface area contributed by atoms with Crippen molar-refractivity contribution >= 4 is 45.3 Å². The molecule has 8 heterocycles.